The van der Waals surface area contributed by atoms with Crippen molar-refractivity contribution in [3.8, 4) is 0 Å². The third-order valence-electron chi connectivity index (χ3n) is 4.24. The van der Waals surface area contributed by atoms with Gasteiger partial charge in [-0.1, -0.05) is 5.16 Å². The number of nitrogens with one attached hydrogen (secondary N) is 1. The number of carboxylic acid groups (broad SMARTS) is 1. The fourth-order valence-electron chi connectivity index (χ4n) is 2.99. The van der Waals surface area contributed by atoms with Gasteiger partial charge < -0.3 is 21.0 Å². The topological polar surface area (TPSA) is 173 Å². The highest BCUT2D eigenvalue weighted by molar-refractivity contribution is 8.00. The van der Waals surface area contributed by atoms with Crippen LogP contribution < -0.4 is 11.1 Å². The first kappa shape index (κ1) is 20.2. The second-order valence-electron chi connectivity index (χ2n) is 5.93. The maximum absolute atomic E-state index is 12.7. The number of rotatable bonds is 6. The van der Waals surface area contributed by atoms with Crippen LogP contribution in [-0.4, -0.2) is 73.0 Å². The molecule has 2 atom stereocenters. The number of nitrogens with zero attached hydrogens (tertiary/aromatic N) is 5. The Bertz CT molecular complexity index is 1080. The van der Waals surface area contributed by atoms with Gasteiger partial charge in [-0.2, -0.15) is 0 Å². The number of carbonyl (C=O) groups excluding carboxylic acids is 2. The summed E-state index contributed by atoms with van der Waals surface area (Å²) in [5.74, 6) is -2.17. The van der Waals surface area contributed by atoms with E-state index in [1.165, 1.54) is 41.1 Å². The van der Waals surface area contributed by atoms with Gasteiger partial charge in [-0.3, -0.25) is 14.5 Å². The normalized spacial score (nSPS) is 21.2. The van der Waals surface area contributed by atoms with Crippen molar-refractivity contribution in [2.45, 2.75) is 11.4 Å². The van der Waals surface area contributed by atoms with Crippen molar-refractivity contribution in [2.75, 3.05) is 18.6 Å². The molecule has 12 nitrogen and oxygen atoms in total. The van der Waals surface area contributed by atoms with Gasteiger partial charge in [0.15, 0.2) is 10.8 Å². The Balaban J connectivity index is 1.56. The number of amides is 2. The largest absolute Gasteiger partial charge is 0.477 e. The number of carboxylic acids is 1. The molecule has 0 spiro atoms. The summed E-state index contributed by atoms with van der Waals surface area (Å²) in [5, 5.41) is 25.2. The van der Waals surface area contributed by atoms with Crippen LogP contribution in [0.5, 0.6) is 0 Å². The Kier molecular flexibility index (Phi) is 5.40. The summed E-state index contributed by atoms with van der Waals surface area (Å²) in [6, 6.07) is -0.925. The lowest BCUT2D eigenvalue weighted by molar-refractivity contribution is -0.149. The summed E-state index contributed by atoms with van der Waals surface area (Å²) in [6.07, 6.45) is 0. The lowest BCUT2D eigenvalue weighted by Crippen LogP contribution is -2.71. The van der Waals surface area contributed by atoms with E-state index in [1.807, 2.05) is 0 Å². The standard InChI is InChI=1S/C15H13N7O5S3/c1-27-21-7(6-3-29-15(16)18-6)10(23)19-8-12(24)22-9(14(25)26)5(2-28-13(8)22)11-20-17-4-30-11/h3-4,8,13H,2H2,1H3,(H2,16,18)(H,19,23)(H,25,26)/t8?,13-/m0/s1. The first-order chi connectivity index (χ1) is 14.4. The van der Waals surface area contributed by atoms with Crippen molar-refractivity contribution >= 4 is 68.6 Å². The highest BCUT2D eigenvalue weighted by Crippen LogP contribution is 2.43. The Labute approximate surface area is 180 Å². The molecule has 0 aliphatic carbocycles. The molecule has 2 aliphatic heterocycles. The Hall–Kier alpha value is -3.04. The molecule has 0 aromatic carbocycles. The molecule has 0 radical (unpaired) electrons. The Morgan fingerprint density at radius 3 is 2.83 bits per heavy atom. The van der Waals surface area contributed by atoms with Gasteiger partial charge in [-0.15, -0.1) is 44.6 Å². The van der Waals surface area contributed by atoms with E-state index in [0.717, 1.165) is 16.2 Å². The third kappa shape index (κ3) is 3.40. The number of nitrogen functional groups attached to an aromatic ring is 1. The van der Waals surface area contributed by atoms with Crippen LogP contribution in [0.2, 0.25) is 0 Å². The number of oxime groups is 1. The van der Waals surface area contributed by atoms with E-state index in [1.54, 1.807) is 0 Å². The molecular weight excluding hydrogens is 454 g/mol. The summed E-state index contributed by atoms with van der Waals surface area (Å²) < 4.78 is 0. The number of anilines is 1. The second kappa shape index (κ2) is 8.00. The number of thiazole rings is 1. The molecule has 1 unspecified atom stereocenters. The van der Waals surface area contributed by atoms with E-state index >= 15 is 0 Å². The number of carbonyl (C=O) groups is 3. The zero-order chi connectivity index (χ0) is 21.4. The zero-order valence-electron chi connectivity index (χ0n) is 15.1. The number of fused-ring (bicyclic) bond motifs is 1. The Morgan fingerprint density at radius 2 is 2.23 bits per heavy atom. The smallest absolute Gasteiger partial charge is 0.353 e. The molecule has 0 saturated carbocycles. The van der Waals surface area contributed by atoms with Crippen LogP contribution in [-0.2, 0) is 19.2 Å². The fourth-order valence-corrected chi connectivity index (χ4v) is 5.57. The van der Waals surface area contributed by atoms with Gasteiger partial charge in [0.25, 0.3) is 11.8 Å². The summed E-state index contributed by atoms with van der Waals surface area (Å²) in [4.78, 5) is 47.2. The van der Waals surface area contributed by atoms with Gasteiger partial charge in [0.05, 0.1) is 0 Å². The van der Waals surface area contributed by atoms with E-state index in [0.29, 0.717) is 16.3 Å². The minimum Gasteiger partial charge on any atom is -0.477 e. The highest BCUT2D eigenvalue weighted by Gasteiger charge is 2.54. The molecule has 15 heteroatoms. The lowest BCUT2D eigenvalue weighted by atomic mass is 10.0. The van der Waals surface area contributed by atoms with Crippen LogP contribution >= 0.6 is 34.4 Å². The van der Waals surface area contributed by atoms with Crippen LogP contribution in [0.1, 0.15) is 10.7 Å². The van der Waals surface area contributed by atoms with Crippen molar-refractivity contribution in [3.63, 3.8) is 0 Å². The van der Waals surface area contributed by atoms with Gasteiger partial charge in [-0.05, 0) is 0 Å². The molecule has 30 heavy (non-hydrogen) atoms. The number of aliphatic carboxylic acids is 1. The molecule has 2 aliphatic rings. The number of nitrogens with two attached hydrogens (primary N) is 1. The minimum absolute atomic E-state index is 0.138. The summed E-state index contributed by atoms with van der Waals surface area (Å²) in [5.41, 5.74) is 7.43. The van der Waals surface area contributed by atoms with Crippen molar-refractivity contribution < 1.29 is 24.3 Å². The maximum Gasteiger partial charge on any atom is 0.353 e. The van der Waals surface area contributed by atoms with Crippen molar-refractivity contribution in [1.29, 1.82) is 0 Å². The van der Waals surface area contributed by atoms with Crippen LogP contribution in [0.15, 0.2) is 21.7 Å². The second-order valence-corrected chi connectivity index (χ2v) is 8.76. The number of hydrogen-bond donors (Lipinski definition) is 3. The Morgan fingerprint density at radius 1 is 1.43 bits per heavy atom. The predicted molar refractivity (Wildman–Crippen MR) is 110 cm³/mol. The van der Waals surface area contributed by atoms with Gasteiger partial charge in [0.1, 0.15) is 40.4 Å². The number of thioether (sulfide) groups is 1. The molecule has 2 aromatic heterocycles. The lowest BCUT2D eigenvalue weighted by Gasteiger charge is -2.49. The van der Waals surface area contributed by atoms with Gasteiger partial charge in [-0.25, -0.2) is 9.78 Å². The number of aromatic nitrogens is 3. The van der Waals surface area contributed by atoms with Crippen molar-refractivity contribution in [3.05, 3.63) is 27.3 Å². The summed E-state index contributed by atoms with van der Waals surface area (Å²) in [6.45, 7) is 0. The van der Waals surface area contributed by atoms with Gasteiger partial charge >= 0.3 is 5.97 Å². The van der Waals surface area contributed by atoms with E-state index in [9.17, 15) is 19.5 Å². The number of β-lactam (4-membered cyclic amide) rings is 1. The van der Waals surface area contributed by atoms with Crippen LogP contribution in [0.4, 0.5) is 5.13 Å². The molecule has 2 aromatic rings. The average Bonchev–Trinajstić information content (AvgIpc) is 3.40. The maximum atomic E-state index is 12.7. The molecule has 1 saturated heterocycles. The molecule has 2 amide bonds. The molecular formula is C15H13N7O5S3. The van der Waals surface area contributed by atoms with Gasteiger partial charge in [0.2, 0.25) is 0 Å². The molecule has 4 N–H and O–H groups in total. The molecule has 4 rings (SSSR count). The molecule has 0 bridgehead atoms. The monoisotopic (exact) mass is 467 g/mol. The highest BCUT2D eigenvalue weighted by atomic mass is 32.2. The quantitative estimate of drug-likeness (QED) is 0.294. The SMILES string of the molecule is CON=C(C(=O)NC1C(=O)N2C(C(=O)O)=C(c3nncs3)CS[C@@H]12)c1csc(N)n1. The van der Waals surface area contributed by atoms with E-state index in [4.69, 9.17) is 10.6 Å². The van der Waals surface area contributed by atoms with E-state index < -0.39 is 29.2 Å². The van der Waals surface area contributed by atoms with E-state index in [-0.39, 0.29) is 22.2 Å². The third-order valence-corrected chi connectivity index (χ3v) is 6.94. The minimum atomic E-state index is -1.25. The number of hydrogen-bond acceptors (Lipinski definition) is 12. The van der Waals surface area contributed by atoms with Crippen LogP contribution in [0, 0.1) is 0 Å². The molecule has 156 valence electrons. The van der Waals surface area contributed by atoms with E-state index in [2.05, 4.69) is 25.7 Å². The average molecular weight is 468 g/mol. The van der Waals surface area contributed by atoms with Crippen molar-refractivity contribution in [2.24, 2.45) is 5.16 Å². The summed E-state index contributed by atoms with van der Waals surface area (Å²) >= 11 is 3.64. The predicted octanol–water partition coefficient (Wildman–Crippen LogP) is -0.177. The zero-order valence-corrected chi connectivity index (χ0v) is 17.6. The first-order valence-electron chi connectivity index (χ1n) is 8.23. The van der Waals surface area contributed by atoms with Gasteiger partial charge in [0, 0.05) is 16.7 Å². The molecule has 4 heterocycles. The first-order valence-corrected chi connectivity index (χ1v) is 11.0. The van der Waals surface area contributed by atoms with Crippen LogP contribution in [0.3, 0.4) is 0 Å². The van der Waals surface area contributed by atoms with Crippen LogP contribution in [0.25, 0.3) is 5.57 Å². The molecule has 1 fully saturated rings. The fraction of sp³-hybridized carbons (Fsp3) is 0.267. The summed E-state index contributed by atoms with van der Waals surface area (Å²) in [7, 11) is 1.27. The van der Waals surface area contributed by atoms with Crippen molar-refractivity contribution in [1.82, 2.24) is 25.4 Å².